The van der Waals surface area contributed by atoms with Gasteiger partial charge in [0.1, 0.15) is 11.5 Å². The largest absolute Gasteiger partial charge is 0.457 e. The third-order valence-corrected chi connectivity index (χ3v) is 4.19. The number of ketones is 1. The van der Waals surface area contributed by atoms with Crippen LogP contribution in [0.25, 0.3) is 17.4 Å². The van der Waals surface area contributed by atoms with E-state index in [2.05, 4.69) is 15.9 Å². The second-order valence-corrected chi connectivity index (χ2v) is 6.10. The van der Waals surface area contributed by atoms with Crippen molar-refractivity contribution in [1.29, 1.82) is 0 Å². The Labute approximate surface area is 143 Å². The Hall–Kier alpha value is -2.39. The molecule has 3 rings (SSSR count). The molecule has 0 atom stereocenters. The molecule has 0 spiro atoms. The maximum atomic E-state index is 12.1. The first-order valence-corrected chi connectivity index (χ1v) is 8.06. The normalized spacial score (nSPS) is 11.0. The van der Waals surface area contributed by atoms with Gasteiger partial charge in [-0.2, -0.15) is 0 Å². The fraction of sp³-hybridized carbons (Fsp3) is 0.0500. The Morgan fingerprint density at radius 2 is 1.74 bits per heavy atom. The van der Waals surface area contributed by atoms with E-state index in [1.54, 1.807) is 6.08 Å². The van der Waals surface area contributed by atoms with Gasteiger partial charge in [-0.05, 0) is 37.3 Å². The monoisotopic (exact) mass is 366 g/mol. The molecule has 2 nitrogen and oxygen atoms in total. The molecule has 0 saturated carbocycles. The molecule has 0 fully saturated rings. The van der Waals surface area contributed by atoms with Gasteiger partial charge in [-0.1, -0.05) is 64.0 Å². The number of benzene rings is 2. The molecule has 3 aromatic rings. The third kappa shape index (κ3) is 3.69. The van der Waals surface area contributed by atoms with Crippen LogP contribution < -0.4 is 0 Å². The molecule has 0 aliphatic heterocycles. The molecule has 1 aromatic heterocycles. The van der Waals surface area contributed by atoms with Gasteiger partial charge in [0.15, 0.2) is 5.78 Å². The van der Waals surface area contributed by atoms with Crippen molar-refractivity contribution in [2.45, 2.75) is 6.92 Å². The van der Waals surface area contributed by atoms with E-state index in [-0.39, 0.29) is 5.78 Å². The van der Waals surface area contributed by atoms with E-state index >= 15 is 0 Å². The summed E-state index contributed by atoms with van der Waals surface area (Å²) >= 11 is 3.51. The number of halogens is 1. The minimum atomic E-state index is -0.0381. The Morgan fingerprint density at radius 1 is 1.00 bits per heavy atom. The number of carbonyl (C=O) groups excluding carboxylic acids is 1. The number of rotatable bonds is 4. The second kappa shape index (κ2) is 6.80. The van der Waals surface area contributed by atoms with E-state index in [4.69, 9.17) is 4.42 Å². The number of carbonyl (C=O) groups is 1. The summed E-state index contributed by atoms with van der Waals surface area (Å²) in [4.78, 5) is 12.1. The highest BCUT2D eigenvalue weighted by Gasteiger charge is 2.07. The van der Waals surface area contributed by atoms with Gasteiger partial charge in [0, 0.05) is 15.6 Å². The van der Waals surface area contributed by atoms with Gasteiger partial charge >= 0.3 is 0 Å². The lowest BCUT2D eigenvalue weighted by Gasteiger charge is -1.99. The molecular formula is C20H15BrO2. The molecule has 1 heterocycles. The van der Waals surface area contributed by atoms with Crippen molar-refractivity contribution in [2.75, 3.05) is 0 Å². The van der Waals surface area contributed by atoms with E-state index in [9.17, 15) is 4.79 Å². The average molecular weight is 367 g/mol. The highest BCUT2D eigenvalue weighted by molar-refractivity contribution is 9.10. The second-order valence-electron chi connectivity index (χ2n) is 5.25. The molecular weight excluding hydrogens is 352 g/mol. The van der Waals surface area contributed by atoms with Crippen LogP contribution >= 0.6 is 15.9 Å². The number of hydrogen-bond acceptors (Lipinski definition) is 2. The van der Waals surface area contributed by atoms with Crippen molar-refractivity contribution in [2.24, 2.45) is 0 Å². The quantitative estimate of drug-likeness (QED) is 0.424. The summed E-state index contributed by atoms with van der Waals surface area (Å²) in [6, 6.07) is 19.1. The lowest BCUT2D eigenvalue weighted by Crippen LogP contribution is -1.93. The average Bonchev–Trinajstić information content (AvgIpc) is 3.02. The predicted octanol–water partition coefficient (Wildman–Crippen LogP) is 5.91. The molecule has 0 radical (unpaired) electrons. The maximum absolute atomic E-state index is 12.1. The van der Waals surface area contributed by atoms with Crippen LogP contribution in [0.5, 0.6) is 0 Å². The summed E-state index contributed by atoms with van der Waals surface area (Å²) in [5.74, 6) is 1.37. The van der Waals surface area contributed by atoms with Crippen LogP contribution in [0.2, 0.25) is 0 Å². The van der Waals surface area contributed by atoms with Gasteiger partial charge in [0.25, 0.3) is 0 Å². The molecule has 0 aliphatic carbocycles. The fourth-order valence-corrected chi connectivity index (χ4v) is 2.70. The molecule has 0 amide bonds. The minimum Gasteiger partial charge on any atom is -0.457 e. The summed E-state index contributed by atoms with van der Waals surface area (Å²) in [5, 5.41) is 0. The molecule has 0 N–H and O–H groups in total. The van der Waals surface area contributed by atoms with Crippen molar-refractivity contribution in [3.8, 4) is 11.3 Å². The van der Waals surface area contributed by atoms with E-state index in [0.717, 1.165) is 21.4 Å². The van der Waals surface area contributed by atoms with Crippen LogP contribution in [0, 0.1) is 6.92 Å². The van der Waals surface area contributed by atoms with Gasteiger partial charge in [0.05, 0.1) is 0 Å². The van der Waals surface area contributed by atoms with Gasteiger partial charge in [-0.25, -0.2) is 0 Å². The summed E-state index contributed by atoms with van der Waals surface area (Å²) in [5.41, 5.74) is 2.79. The van der Waals surface area contributed by atoms with Crippen LogP contribution in [-0.4, -0.2) is 5.78 Å². The van der Waals surface area contributed by atoms with Crippen LogP contribution in [-0.2, 0) is 0 Å². The van der Waals surface area contributed by atoms with Crippen molar-refractivity contribution < 1.29 is 9.21 Å². The molecule has 0 saturated heterocycles. The maximum Gasteiger partial charge on any atom is 0.185 e. The van der Waals surface area contributed by atoms with Crippen LogP contribution in [0.3, 0.4) is 0 Å². The molecule has 2 aromatic carbocycles. The van der Waals surface area contributed by atoms with Crippen molar-refractivity contribution >= 4 is 27.8 Å². The van der Waals surface area contributed by atoms with E-state index < -0.39 is 0 Å². The summed E-state index contributed by atoms with van der Waals surface area (Å²) < 4.78 is 6.76. The minimum absolute atomic E-state index is 0.0381. The summed E-state index contributed by atoms with van der Waals surface area (Å²) in [6.45, 7) is 2.00. The Kier molecular flexibility index (Phi) is 4.58. The number of allylic oxidation sites excluding steroid dienone is 1. The number of furan rings is 1. The van der Waals surface area contributed by atoms with Gasteiger partial charge in [-0.15, -0.1) is 0 Å². The van der Waals surface area contributed by atoms with Gasteiger partial charge in [-0.3, -0.25) is 4.79 Å². The molecule has 0 aliphatic rings. The van der Waals surface area contributed by atoms with Crippen LogP contribution in [0.15, 0.2) is 75.6 Å². The summed E-state index contributed by atoms with van der Waals surface area (Å²) in [7, 11) is 0. The number of aryl methyl sites for hydroxylation is 1. The van der Waals surface area contributed by atoms with Crippen molar-refractivity contribution in [3.63, 3.8) is 0 Å². The zero-order valence-corrected chi connectivity index (χ0v) is 14.2. The van der Waals surface area contributed by atoms with Crippen LogP contribution in [0.4, 0.5) is 0 Å². The first kappa shape index (κ1) is 15.5. The van der Waals surface area contributed by atoms with Gasteiger partial charge < -0.3 is 4.42 Å². The molecule has 3 heteroatoms. The Balaban J connectivity index is 1.77. The lowest BCUT2D eigenvalue weighted by molar-refractivity contribution is 0.104. The van der Waals surface area contributed by atoms with Gasteiger partial charge in [0.2, 0.25) is 0 Å². The van der Waals surface area contributed by atoms with Crippen LogP contribution in [0.1, 0.15) is 21.7 Å². The zero-order chi connectivity index (χ0) is 16.2. The fourth-order valence-electron chi connectivity index (χ4n) is 2.22. The standard InChI is InChI=1S/C20H15BrO2/c1-14-6-8-15(9-7-14)19(22)12-10-16-11-13-20(23-16)17-4-2-3-5-18(17)21/h2-13H,1H3. The molecule has 0 bridgehead atoms. The molecule has 0 unspecified atom stereocenters. The lowest BCUT2D eigenvalue weighted by atomic mass is 10.1. The predicted molar refractivity (Wildman–Crippen MR) is 96.4 cm³/mol. The third-order valence-electron chi connectivity index (χ3n) is 3.50. The zero-order valence-electron chi connectivity index (χ0n) is 12.6. The smallest absolute Gasteiger partial charge is 0.185 e. The Bertz CT molecular complexity index is 857. The first-order valence-electron chi connectivity index (χ1n) is 7.27. The SMILES string of the molecule is Cc1ccc(C(=O)C=Cc2ccc(-c3ccccc3Br)o2)cc1. The van der Waals surface area contributed by atoms with E-state index in [0.29, 0.717) is 11.3 Å². The van der Waals surface area contributed by atoms with Crippen molar-refractivity contribution in [1.82, 2.24) is 0 Å². The number of hydrogen-bond donors (Lipinski definition) is 0. The highest BCUT2D eigenvalue weighted by Crippen LogP contribution is 2.29. The van der Waals surface area contributed by atoms with E-state index in [1.807, 2.05) is 67.6 Å². The molecule has 114 valence electrons. The first-order chi connectivity index (χ1) is 11.1. The Morgan fingerprint density at radius 3 is 2.48 bits per heavy atom. The molecule has 23 heavy (non-hydrogen) atoms. The van der Waals surface area contributed by atoms with E-state index in [1.165, 1.54) is 6.08 Å². The van der Waals surface area contributed by atoms with Crippen molar-refractivity contribution in [3.05, 3.63) is 88.1 Å². The summed E-state index contributed by atoms with van der Waals surface area (Å²) in [6.07, 6.45) is 3.23. The highest BCUT2D eigenvalue weighted by atomic mass is 79.9. The topological polar surface area (TPSA) is 30.2 Å².